The van der Waals surface area contributed by atoms with Gasteiger partial charge in [0.25, 0.3) is 0 Å². The zero-order chi connectivity index (χ0) is 27.8. The Morgan fingerprint density at radius 2 is 1.38 bits per heavy atom. The van der Waals surface area contributed by atoms with Crippen molar-refractivity contribution in [2.75, 3.05) is 6.61 Å². The van der Waals surface area contributed by atoms with E-state index in [2.05, 4.69) is 0 Å². The van der Waals surface area contributed by atoms with Crippen LogP contribution in [-0.2, 0) is 23.9 Å². The first kappa shape index (κ1) is 32.1. The largest absolute Gasteiger partial charge is 0.480 e. The molecule has 1 rings (SSSR count). The van der Waals surface area contributed by atoms with Crippen LogP contribution in [0.1, 0.15) is 103 Å². The number of ether oxygens (including phenoxy) is 3. The molecule has 9 nitrogen and oxygen atoms in total. The number of unbranched alkanes of at least 4 members (excludes halogenated alkanes) is 4. The minimum atomic E-state index is -1.31. The monoisotopic (exact) mass is 521 g/mol. The Kier molecular flexibility index (Phi) is 15.2. The number of esters is 3. The van der Waals surface area contributed by atoms with Crippen molar-refractivity contribution in [3.63, 3.8) is 0 Å². The second-order valence-electron chi connectivity index (χ2n) is 9.37. The predicted octanol–water partition coefficient (Wildman–Crippen LogP) is 5.13. The van der Waals surface area contributed by atoms with Gasteiger partial charge in [0, 0.05) is 25.2 Å². The van der Waals surface area contributed by atoms with E-state index < -0.39 is 35.8 Å². The summed E-state index contributed by atoms with van der Waals surface area (Å²) in [5.74, 6) is -3.63. The molecule has 0 saturated carbocycles. The maximum absolute atomic E-state index is 12.5. The van der Waals surface area contributed by atoms with E-state index in [0.29, 0.717) is 24.8 Å². The Balaban J connectivity index is 3.27. The smallest absolute Gasteiger partial charge is 0.321 e. The zero-order valence-electron chi connectivity index (χ0n) is 22.6. The van der Waals surface area contributed by atoms with Gasteiger partial charge in [0.05, 0.1) is 6.61 Å². The molecular formula is C28H43NO8. The molecular weight excluding hydrogens is 478 g/mol. The molecule has 2 unspecified atom stereocenters. The van der Waals surface area contributed by atoms with Crippen molar-refractivity contribution < 1.29 is 38.5 Å². The van der Waals surface area contributed by atoms with Crippen molar-refractivity contribution in [2.45, 2.75) is 104 Å². The molecule has 3 atom stereocenters. The average molecular weight is 522 g/mol. The summed E-state index contributed by atoms with van der Waals surface area (Å²) in [6.07, 6.45) is 6.34. The van der Waals surface area contributed by atoms with Crippen LogP contribution in [0.3, 0.4) is 0 Å². The highest BCUT2D eigenvalue weighted by molar-refractivity contribution is 5.77. The van der Waals surface area contributed by atoms with Gasteiger partial charge in [-0.05, 0) is 42.9 Å². The second kappa shape index (κ2) is 17.5. The standard InChI is InChI=1S/C28H43NO8/c1-5-8-10-13-24(31)36-21-16-15-20(17-22(21)37-25(32)14-11-9-6-2)26(27(29)28(33)34)19(4)18-35-23(30)12-7-3/h15-17,19,26-27H,5-14,18,29H2,1-4H3,(H,33,34)/t19?,26?,27-/m0/s1. The molecule has 208 valence electrons. The van der Waals surface area contributed by atoms with E-state index in [1.54, 1.807) is 13.0 Å². The molecule has 0 heterocycles. The highest BCUT2D eigenvalue weighted by atomic mass is 16.6. The molecule has 0 aliphatic carbocycles. The number of benzene rings is 1. The summed E-state index contributed by atoms with van der Waals surface area (Å²) in [5.41, 5.74) is 6.51. The van der Waals surface area contributed by atoms with Crippen LogP contribution < -0.4 is 15.2 Å². The number of carboxylic acid groups (broad SMARTS) is 1. The molecule has 1 aromatic rings. The third kappa shape index (κ3) is 11.8. The highest BCUT2D eigenvalue weighted by Crippen LogP contribution is 2.36. The van der Waals surface area contributed by atoms with Gasteiger partial charge in [-0.2, -0.15) is 0 Å². The average Bonchev–Trinajstić information content (AvgIpc) is 2.84. The highest BCUT2D eigenvalue weighted by Gasteiger charge is 2.32. The van der Waals surface area contributed by atoms with Crippen LogP contribution in [0.4, 0.5) is 0 Å². The predicted molar refractivity (Wildman–Crippen MR) is 139 cm³/mol. The van der Waals surface area contributed by atoms with Crippen LogP contribution in [-0.4, -0.2) is 41.6 Å². The molecule has 0 aliphatic rings. The maximum Gasteiger partial charge on any atom is 0.321 e. The Hall–Kier alpha value is -2.94. The topological polar surface area (TPSA) is 142 Å². The molecule has 3 N–H and O–H groups in total. The van der Waals surface area contributed by atoms with Crippen LogP contribution in [0, 0.1) is 5.92 Å². The molecule has 0 spiro atoms. The lowest BCUT2D eigenvalue weighted by atomic mass is 9.82. The summed E-state index contributed by atoms with van der Waals surface area (Å²) in [5, 5.41) is 9.65. The molecule has 0 aromatic heterocycles. The van der Waals surface area contributed by atoms with Crippen molar-refractivity contribution >= 4 is 23.9 Å². The van der Waals surface area contributed by atoms with Crippen LogP contribution in [0.15, 0.2) is 18.2 Å². The number of carboxylic acids is 1. The van der Waals surface area contributed by atoms with Gasteiger partial charge in [0.15, 0.2) is 11.5 Å². The van der Waals surface area contributed by atoms with Crippen LogP contribution >= 0.6 is 0 Å². The Labute approximate surface area is 220 Å². The Bertz CT molecular complexity index is 885. The minimum Gasteiger partial charge on any atom is -0.480 e. The number of hydrogen-bond acceptors (Lipinski definition) is 8. The summed E-state index contributed by atoms with van der Waals surface area (Å²) in [6, 6.07) is 3.26. The maximum atomic E-state index is 12.5. The molecule has 0 aliphatic heterocycles. The summed E-state index contributed by atoms with van der Waals surface area (Å²) in [4.78, 5) is 48.5. The molecule has 0 fully saturated rings. The summed E-state index contributed by atoms with van der Waals surface area (Å²) >= 11 is 0. The number of hydrogen-bond donors (Lipinski definition) is 2. The fraction of sp³-hybridized carbons (Fsp3) is 0.643. The van der Waals surface area contributed by atoms with Crippen molar-refractivity contribution in [3.05, 3.63) is 23.8 Å². The van der Waals surface area contributed by atoms with Crippen molar-refractivity contribution in [2.24, 2.45) is 11.7 Å². The number of rotatable bonds is 18. The van der Waals surface area contributed by atoms with Gasteiger partial charge in [-0.1, -0.05) is 59.4 Å². The lowest BCUT2D eigenvalue weighted by Crippen LogP contribution is -2.40. The van der Waals surface area contributed by atoms with E-state index in [1.807, 2.05) is 20.8 Å². The van der Waals surface area contributed by atoms with Gasteiger partial charge >= 0.3 is 23.9 Å². The van der Waals surface area contributed by atoms with Gasteiger partial charge in [-0.25, -0.2) is 0 Å². The van der Waals surface area contributed by atoms with E-state index in [9.17, 15) is 24.3 Å². The SMILES string of the molecule is CCCCCC(=O)Oc1ccc(C(C(C)COC(=O)CCC)[C@H](N)C(=O)O)cc1OC(=O)CCCCC. The molecule has 1 aromatic carbocycles. The first-order chi connectivity index (χ1) is 17.6. The molecule has 0 amide bonds. The molecule has 9 heteroatoms. The van der Waals surface area contributed by atoms with Crippen molar-refractivity contribution in [3.8, 4) is 11.5 Å². The lowest BCUT2D eigenvalue weighted by molar-refractivity contribution is -0.145. The second-order valence-corrected chi connectivity index (χ2v) is 9.37. The fourth-order valence-corrected chi connectivity index (χ4v) is 3.93. The van der Waals surface area contributed by atoms with Crippen molar-refractivity contribution in [1.29, 1.82) is 0 Å². The van der Waals surface area contributed by atoms with E-state index in [4.69, 9.17) is 19.9 Å². The first-order valence-corrected chi connectivity index (χ1v) is 13.3. The zero-order valence-corrected chi connectivity index (χ0v) is 22.6. The molecule has 0 bridgehead atoms. The fourth-order valence-electron chi connectivity index (χ4n) is 3.93. The molecule has 0 saturated heterocycles. The van der Waals surface area contributed by atoms with Gasteiger partial charge in [0.1, 0.15) is 6.04 Å². The van der Waals surface area contributed by atoms with E-state index >= 15 is 0 Å². The van der Waals surface area contributed by atoms with Gasteiger partial charge in [0.2, 0.25) is 0 Å². The van der Waals surface area contributed by atoms with Crippen LogP contribution in [0.5, 0.6) is 11.5 Å². The quantitative estimate of drug-likeness (QED) is 0.153. The normalized spacial score (nSPS) is 13.3. The van der Waals surface area contributed by atoms with E-state index in [0.717, 1.165) is 25.7 Å². The Morgan fingerprint density at radius 3 is 1.89 bits per heavy atom. The van der Waals surface area contributed by atoms with Gasteiger partial charge in [-0.15, -0.1) is 0 Å². The number of carbonyl (C=O) groups is 4. The van der Waals surface area contributed by atoms with Gasteiger partial charge in [-0.3, -0.25) is 19.2 Å². The number of aliphatic carboxylic acids is 1. The van der Waals surface area contributed by atoms with Crippen molar-refractivity contribution in [1.82, 2.24) is 0 Å². The lowest BCUT2D eigenvalue weighted by Gasteiger charge is -2.28. The van der Waals surface area contributed by atoms with E-state index in [1.165, 1.54) is 12.1 Å². The summed E-state index contributed by atoms with van der Waals surface area (Å²) in [6.45, 7) is 7.63. The number of nitrogens with two attached hydrogens (primary N) is 1. The minimum absolute atomic E-state index is 0.0230. The number of carbonyl (C=O) groups excluding carboxylic acids is 3. The summed E-state index contributed by atoms with van der Waals surface area (Å²) < 4.78 is 16.4. The van der Waals surface area contributed by atoms with E-state index in [-0.39, 0.29) is 43.3 Å². The van der Waals surface area contributed by atoms with Gasteiger partial charge < -0.3 is 25.1 Å². The third-order valence-electron chi connectivity index (χ3n) is 6.02. The third-order valence-corrected chi connectivity index (χ3v) is 6.02. The molecule has 37 heavy (non-hydrogen) atoms. The summed E-state index contributed by atoms with van der Waals surface area (Å²) in [7, 11) is 0. The van der Waals surface area contributed by atoms with Crippen LogP contribution in [0.25, 0.3) is 0 Å². The van der Waals surface area contributed by atoms with Crippen LogP contribution in [0.2, 0.25) is 0 Å². The Morgan fingerprint density at radius 1 is 0.811 bits per heavy atom. The first-order valence-electron chi connectivity index (χ1n) is 13.3. The molecule has 0 radical (unpaired) electrons.